The number of Topliss-reactive ketones (excluding diaryl/α,β-unsaturated/α-hetero) is 1. The average molecular weight is 293 g/mol. The van der Waals surface area contributed by atoms with Gasteiger partial charge < -0.3 is 9.15 Å². The lowest BCUT2D eigenvalue weighted by atomic mass is 10.1. The summed E-state index contributed by atoms with van der Waals surface area (Å²) in [6.07, 6.45) is 0. The van der Waals surface area contributed by atoms with E-state index in [1.165, 1.54) is 6.92 Å². The van der Waals surface area contributed by atoms with Gasteiger partial charge in [-0.3, -0.25) is 4.79 Å². The Morgan fingerprint density at radius 2 is 1.82 bits per heavy atom. The molecule has 3 rings (SSSR count). The zero-order chi connectivity index (χ0) is 15.5. The Balaban J connectivity index is 2.20. The van der Waals surface area contributed by atoms with Gasteiger partial charge in [0.15, 0.2) is 5.78 Å². The predicted molar refractivity (Wildman–Crippen MR) is 84.4 cm³/mol. The highest BCUT2D eigenvalue weighted by Gasteiger charge is 2.08. The highest BCUT2D eigenvalue weighted by molar-refractivity contribution is 5.96. The molecule has 0 saturated carbocycles. The molecule has 0 spiro atoms. The van der Waals surface area contributed by atoms with Crippen molar-refractivity contribution in [3.8, 4) is 5.75 Å². The molecule has 0 unspecified atom stereocenters. The van der Waals surface area contributed by atoms with Crippen molar-refractivity contribution in [3.05, 3.63) is 65.7 Å². The third kappa shape index (κ3) is 2.76. The number of ketones is 1. The van der Waals surface area contributed by atoms with Crippen LogP contribution in [-0.2, 0) is 0 Å². The summed E-state index contributed by atoms with van der Waals surface area (Å²) in [7, 11) is 1.61. The number of para-hydroxylation sites is 1. The topological polar surface area (TPSA) is 51.8 Å². The van der Waals surface area contributed by atoms with Gasteiger partial charge in [-0.2, -0.15) is 0 Å². The van der Waals surface area contributed by atoms with Crippen molar-refractivity contribution in [2.45, 2.75) is 6.92 Å². The summed E-state index contributed by atoms with van der Waals surface area (Å²) in [5.74, 6) is 0.669. The number of ether oxygens (including phenoxy) is 1. The van der Waals surface area contributed by atoms with E-state index >= 15 is 0 Å². The van der Waals surface area contributed by atoms with Crippen LogP contribution in [0, 0.1) is 0 Å². The summed E-state index contributed by atoms with van der Waals surface area (Å²) in [5.41, 5.74) is 2.17. The molecule has 0 amide bonds. The van der Waals surface area contributed by atoms with Gasteiger partial charge in [0, 0.05) is 5.39 Å². The van der Waals surface area contributed by atoms with Crippen LogP contribution in [0.4, 0.5) is 5.69 Å². The van der Waals surface area contributed by atoms with Crippen molar-refractivity contribution in [1.82, 2.24) is 0 Å². The molecule has 1 aromatic heterocycles. The summed E-state index contributed by atoms with van der Waals surface area (Å²) in [6, 6.07) is 16.6. The van der Waals surface area contributed by atoms with Crippen LogP contribution >= 0.6 is 0 Å². The fourth-order valence-electron chi connectivity index (χ4n) is 2.18. The normalized spacial score (nSPS) is 11.6. The molecule has 1 heterocycles. The SMILES string of the molecule is COc1ccc(N=c2oc3ccccc3cc2C(C)=O)cc1. The van der Waals surface area contributed by atoms with Crippen LogP contribution < -0.4 is 10.3 Å². The number of hydrogen-bond acceptors (Lipinski definition) is 4. The van der Waals surface area contributed by atoms with E-state index in [1.54, 1.807) is 7.11 Å². The Bertz CT molecular complexity index is 892. The Kier molecular flexibility index (Phi) is 3.74. The summed E-state index contributed by atoms with van der Waals surface area (Å²) in [5, 5.41) is 0.876. The van der Waals surface area contributed by atoms with Gasteiger partial charge in [0.05, 0.1) is 18.4 Å². The van der Waals surface area contributed by atoms with Gasteiger partial charge in [-0.25, -0.2) is 4.99 Å². The molecule has 3 aromatic rings. The van der Waals surface area contributed by atoms with Crippen LogP contribution in [0.25, 0.3) is 11.0 Å². The molecule has 4 heteroatoms. The first kappa shape index (κ1) is 14.1. The molecule has 0 bridgehead atoms. The molecule has 0 saturated heterocycles. The van der Waals surface area contributed by atoms with Crippen LogP contribution in [0.15, 0.2) is 64.0 Å². The van der Waals surface area contributed by atoms with Crippen LogP contribution in [0.1, 0.15) is 17.3 Å². The number of fused-ring (bicyclic) bond motifs is 1. The van der Waals surface area contributed by atoms with E-state index in [0.29, 0.717) is 22.4 Å². The maximum absolute atomic E-state index is 11.9. The Morgan fingerprint density at radius 3 is 2.50 bits per heavy atom. The third-order valence-electron chi connectivity index (χ3n) is 3.34. The van der Waals surface area contributed by atoms with Crippen molar-refractivity contribution in [1.29, 1.82) is 0 Å². The van der Waals surface area contributed by atoms with Gasteiger partial charge in [0.1, 0.15) is 11.3 Å². The maximum atomic E-state index is 11.9. The summed E-state index contributed by atoms with van der Waals surface area (Å²) < 4.78 is 10.9. The van der Waals surface area contributed by atoms with Crippen LogP contribution in [0.3, 0.4) is 0 Å². The zero-order valence-electron chi connectivity index (χ0n) is 12.4. The van der Waals surface area contributed by atoms with E-state index in [4.69, 9.17) is 9.15 Å². The number of hydrogen-bond donors (Lipinski definition) is 0. The Morgan fingerprint density at radius 1 is 1.09 bits per heavy atom. The largest absolute Gasteiger partial charge is 0.497 e. The molecule has 2 aromatic carbocycles. The first-order chi connectivity index (χ1) is 10.7. The highest BCUT2D eigenvalue weighted by Crippen LogP contribution is 2.18. The minimum atomic E-state index is -0.0817. The molecular formula is C18H15NO3. The number of benzene rings is 2. The summed E-state index contributed by atoms with van der Waals surface area (Å²) >= 11 is 0. The number of carbonyl (C=O) groups is 1. The molecule has 0 atom stereocenters. The fourth-order valence-corrected chi connectivity index (χ4v) is 2.18. The van der Waals surface area contributed by atoms with E-state index in [1.807, 2.05) is 54.6 Å². The molecule has 0 N–H and O–H groups in total. The van der Waals surface area contributed by atoms with Gasteiger partial charge in [-0.15, -0.1) is 0 Å². The van der Waals surface area contributed by atoms with Crippen LogP contribution in [0.5, 0.6) is 5.75 Å². The zero-order valence-corrected chi connectivity index (χ0v) is 12.4. The fraction of sp³-hybridized carbons (Fsp3) is 0.111. The predicted octanol–water partition coefficient (Wildman–Crippen LogP) is 3.88. The van der Waals surface area contributed by atoms with Gasteiger partial charge in [-0.1, -0.05) is 18.2 Å². The third-order valence-corrected chi connectivity index (χ3v) is 3.34. The second-order valence-corrected chi connectivity index (χ2v) is 4.87. The van der Waals surface area contributed by atoms with Crippen molar-refractivity contribution in [3.63, 3.8) is 0 Å². The lowest BCUT2D eigenvalue weighted by Crippen LogP contribution is -2.12. The van der Waals surface area contributed by atoms with E-state index in [9.17, 15) is 4.79 Å². The summed E-state index contributed by atoms with van der Waals surface area (Å²) in [6.45, 7) is 1.51. The van der Waals surface area contributed by atoms with E-state index in [-0.39, 0.29) is 5.78 Å². The van der Waals surface area contributed by atoms with E-state index in [0.717, 1.165) is 11.1 Å². The Hall–Kier alpha value is -2.88. The van der Waals surface area contributed by atoms with Gasteiger partial charge in [-0.05, 0) is 43.3 Å². The van der Waals surface area contributed by atoms with Crippen LogP contribution in [0.2, 0.25) is 0 Å². The van der Waals surface area contributed by atoms with Gasteiger partial charge >= 0.3 is 0 Å². The number of rotatable bonds is 3. The molecule has 0 radical (unpaired) electrons. The van der Waals surface area contributed by atoms with Gasteiger partial charge in [0.2, 0.25) is 5.55 Å². The summed E-state index contributed by atoms with van der Waals surface area (Å²) in [4.78, 5) is 16.3. The molecular weight excluding hydrogens is 278 g/mol. The van der Waals surface area contributed by atoms with Crippen molar-refractivity contribution < 1.29 is 13.9 Å². The molecule has 0 fully saturated rings. The lowest BCUT2D eigenvalue weighted by Gasteiger charge is -2.02. The quantitative estimate of drug-likeness (QED) is 0.689. The van der Waals surface area contributed by atoms with Gasteiger partial charge in [0.25, 0.3) is 0 Å². The molecule has 22 heavy (non-hydrogen) atoms. The number of carbonyl (C=O) groups excluding carboxylic acids is 1. The van der Waals surface area contributed by atoms with E-state index in [2.05, 4.69) is 4.99 Å². The lowest BCUT2D eigenvalue weighted by molar-refractivity contribution is 0.101. The van der Waals surface area contributed by atoms with Crippen LogP contribution in [-0.4, -0.2) is 12.9 Å². The smallest absolute Gasteiger partial charge is 0.230 e. The standard InChI is InChI=1S/C18H15NO3/c1-12(20)16-11-13-5-3-4-6-17(13)22-18(16)19-14-7-9-15(21-2)10-8-14/h3-11H,1-2H3. The number of nitrogens with zero attached hydrogens (tertiary/aromatic N) is 1. The van der Waals surface area contributed by atoms with E-state index < -0.39 is 0 Å². The second-order valence-electron chi connectivity index (χ2n) is 4.87. The highest BCUT2D eigenvalue weighted by atomic mass is 16.5. The molecule has 4 nitrogen and oxygen atoms in total. The number of methoxy groups -OCH3 is 1. The molecule has 0 aliphatic heterocycles. The minimum Gasteiger partial charge on any atom is -0.497 e. The first-order valence-corrected chi connectivity index (χ1v) is 6.90. The monoisotopic (exact) mass is 293 g/mol. The molecule has 0 aliphatic carbocycles. The van der Waals surface area contributed by atoms with Crippen molar-refractivity contribution in [2.24, 2.45) is 4.99 Å². The Labute approximate surface area is 127 Å². The molecule has 0 aliphatic rings. The average Bonchev–Trinajstić information content (AvgIpc) is 2.54. The second kappa shape index (κ2) is 5.85. The maximum Gasteiger partial charge on any atom is 0.230 e. The molecule has 110 valence electrons. The minimum absolute atomic E-state index is 0.0817. The van der Waals surface area contributed by atoms with Crippen molar-refractivity contribution >= 4 is 22.4 Å². The first-order valence-electron chi connectivity index (χ1n) is 6.90. The van der Waals surface area contributed by atoms with Crippen molar-refractivity contribution in [2.75, 3.05) is 7.11 Å².